The van der Waals surface area contributed by atoms with Crippen molar-refractivity contribution in [1.29, 1.82) is 0 Å². The van der Waals surface area contributed by atoms with E-state index in [2.05, 4.69) is 0 Å². The molecule has 1 heterocycles. The van der Waals surface area contributed by atoms with Crippen LogP contribution < -0.4 is 5.69 Å². The van der Waals surface area contributed by atoms with Crippen LogP contribution in [0.2, 0.25) is 0 Å². The minimum Gasteiger partial charge on any atom is -0.396 e. The quantitative estimate of drug-likeness (QED) is 0.917. The largest absolute Gasteiger partial charge is 0.396 e. The topological polar surface area (TPSA) is 47.2 Å². The fourth-order valence-electron chi connectivity index (χ4n) is 2.07. The second-order valence-corrected chi connectivity index (χ2v) is 5.13. The molecule has 1 unspecified atom stereocenters. The maximum absolute atomic E-state index is 12.2. The molecule has 102 valence electrons. The van der Waals surface area contributed by atoms with Gasteiger partial charge in [0.1, 0.15) is 0 Å². The fraction of sp³-hybridized carbons (Fsp3) is 0.400. The van der Waals surface area contributed by atoms with Crippen molar-refractivity contribution in [2.75, 3.05) is 6.61 Å². The maximum atomic E-state index is 12.2. The standard InChI is InChI=1S/C15H20N2O2/c1-11(2)16-7-8-17(15(16)19)14-6-4-5-13(9-14)12(3)10-18/h4-9,11-12,18H,10H2,1-3H3. The molecule has 0 saturated carbocycles. The summed E-state index contributed by atoms with van der Waals surface area (Å²) in [5.41, 5.74) is 1.83. The van der Waals surface area contributed by atoms with Gasteiger partial charge in [-0.05, 0) is 31.5 Å². The summed E-state index contributed by atoms with van der Waals surface area (Å²) in [5.74, 6) is 0.0721. The van der Waals surface area contributed by atoms with E-state index in [4.69, 9.17) is 0 Å². The van der Waals surface area contributed by atoms with Crippen molar-refractivity contribution in [3.8, 4) is 5.69 Å². The highest BCUT2D eigenvalue weighted by molar-refractivity contribution is 5.37. The third-order valence-corrected chi connectivity index (χ3v) is 3.35. The first-order valence-corrected chi connectivity index (χ1v) is 6.55. The molecule has 19 heavy (non-hydrogen) atoms. The number of aromatic nitrogens is 2. The number of aliphatic hydroxyl groups excluding tert-OH is 1. The van der Waals surface area contributed by atoms with Crippen LogP contribution in [-0.2, 0) is 0 Å². The van der Waals surface area contributed by atoms with E-state index < -0.39 is 0 Å². The van der Waals surface area contributed by atoms with E-state index in [0.717, 1.165) is 11.3 Å². The van der Waals surface area contributed by atoms with Gasteiger partial charge in [0, 0.05) is 31.0 Å². The summed E-state index contributed by atoms with van der Waals surface area (Å²) in [4.78, 5) is 12.2. The fourth-order valence-corrected chi connectivity index (χ4v) is 2.07. The lowest BCUT2D eigenvalue weighted by molar-refractivity contribution is 0.273. The first-order chi connectivity index (χ1) is 9.04. The Balaban J connectivity index is 2.45. The molecule has 0 saturated heterocycles. The molecule has 4 nitrogen and oxygen atoms in total. The first-order valence-electron chi connectivity index (χ1n) is 6.55. The van der Waals surface area contributed by atoms with Crippen LogP contribution in [-0.4, -0.2) is 20.8 Å². The summed E-state index contributed by atoms with van der Waals surface area (Å²) in [6, 6.07) is 7.88. The van der Waals surface area contributed by atoms with Gasteiger partial charge in [-0.2, -0.15) is 0 Å². The number of hydrogen-bond acceptors (Lipinski definition) is 2. The molecule has 0 bridgehead atoms. The molecule has 0 spiro atoms. The minimum absolute atomic E-state index is 0.0381. The minimum atomic E-state index is -0.0381. The Labute approximate surface area is 112 Å². The molecule has 1 N–H and O–H groups in total. The second kappa shape index (κ2) is 5.45. The molecule has 0 radical (unpaired) electrons. The Morgan fingerprint density at radius 1 is 1.21 bits per heavy atom. The van der Waals surface area contributed by atoms with Crippen LogP contribution in [0.4, 0.5) is 0 Å². The van der Waals surface area contributed by atoms with Crippen LogP contribution in [0.1, 0.15) is 38.3 Å². The smallest absolute Gasteiger partial charge is 0.332 e. The van der Waals surface area contributed by atoms with E-state index >= 15 is 0 Å². The molecule has 0 fully saturated rings. The van der Waals surface area contributed by atoms with Crippen molar-refractivity contribution in [1.82, 2.24) is 9.13 Å². The molecule has 4 heteroatoms. The van der Waals surface area contributed by atoms with Crippen LogP contribution in [0.5, 0.6) is 0 Å². The van der Waals surface area contributed by atoms with Gasteiger partial charge in [0.05, 0.1) is 5.69 Å². The summed E-state index contributed by atoms with van der Waals surface area (Å²) >= 11 is 0. The van der Waals surface area contributed by atoms with Gasteiger partial charge in [0.2, 0.25) is 0 Å². The Hall–Kier alpha value is -1.81. The second-order valence-electron chi connectivity index (χ2n) is 5.13. The van der Waals surface area contributed by atoms with Crippen LogP contribution in [0.25, 0.3) is 5.69 Å². The van der Waals surface area contributed by atoms with Crippen molar-refractivity contribution < 1.29 is 5.11 Å². The van der Waals surface area contributed by atoms with Gasteiger partial charge in [0.15, 0.2) is 0 Å². The van der Waals surface area contributed by atoms with Crippen LogP contribution >= 0.6 is 0 Å². The van der Waals surface area contributed by atoms with Crippen molar-refractivity contribution in [3.63, 3.8) is 0 Å². The molecule has 1 aromatic heterocycles. The number of aliphatic hydroxyl groups is 1. The zero-order chi connectivity index (χ0) is 14.0. The van der Waals surface area contributed by atoms with Crippen molar-refractivity contribution in [2.45, 2.75) is 32.7 Å². The highest BCUT2D eigenvalue weighted by Gasteiger charge is 2.09. The van der Waals surface area contributed by atoms with E-state index in [9.17, 15) is 9.90 Å². The first kappa shape index (κ1) is 13.6. The van der Waals surface area contributed by atoms with Gasteiger partial charge in [0.25, 0.3) is 0 Å². The number of imidazole rings is 1. The van der Waals surface area contributed by atoms with Gasteiger partial charge in [-0.3, -0.25) is 9.13 Å². The van der Waals surface area contributed by atoms with Crippen molar-refractivity contribution >= 4 is 0 Å². The van der Waals surface area contributed by atoms with Gasteiger partial charge >= 0.3 is 5.69 Å². The molecular weight excluding hydrogens is 240 g/mol. The van der Waals surface area contributed by atoms with Gasteiger partial charge in [-0.25, -0.2) is 4.79 Å². The molecule has 2 aromatic rings. The highest BCUT2D eigenvalue weighted by atomic mass is 16.3. The zero-order valence-corrected chi connectivity index (χ0v) is 11.6. The molecule has 0 aliphatic rings. The predicted molar refractivity (Wildman–Crippen MR) is 75.9 cm³/mol. The summed E-state index contributed by atoms with van der Waals surface area (Å²) < 4.78 is 3.33. The summed E-state index contributed by atoms with van der Waals surface area (Å²) in [6.07, 6.45) is 3.58. The molecule has 1 aromatic carbocycles. The molecule has 1 atom stereocenters. The van der Waals surface area contributed by atoms with E-state index in [0.29, 0.717) is 0 Å². The lowest BCUT2D eigenvalue weighted by Gasteiger charge is -2.10. The van der Waals surface area contributed by atoms with Gasteiger partial charge in [-0.1, -0.05) is 19.1 Å². The average Bonchev–Trinajstić information content (AvgIpc) is 2.80. The number of benzene rings is 1. The average molecular weight is 260 g/mol. The number of hydrogen-bond donors (Lipinski definition) is 1. The summed E-state index contributed by atoms with van der Waals surface area (Å²) in [6.45, 7) is 6.03. The molecule has 0 aliphatic carbocycles. The Morgan fingerprint density at radius 2 is 1.95 bits per heavy atom. The van der Waals surface area contributed by atoms with Crippen LogP contribution in [0.3, 0.4) is 0 Å². The molecule has 0 amide bonds. The Kier molecular flexibility index (Phi) is 3.90. The molecular formula is C15H20N2O2. The van der Waals surface area contributed by atoms with E-state index in [-0.39, 0.29) is 24.3 Å². The third kappa shape index (κ3) is 2.63. The lowest BCUT2D eigenvalue weighted by Crippen LogP contribution is -2.24. The normalized spacial score (nSPS) is 12.9. The maximum Gasteiger partial charge on any atom is 0.332 e. The zero-order valence-electron chi connectivity index (χ0n) is 11.6. The van der Waals surface area contributed by atoms with Crippen LogP contribution in [0, 0.1) is 0 Å². The van der Waals surface area contributed by atoms with E-state index in [1.807, 2.05) is 45.0 Å². The van der Waals surface area contributed by atoms with Gasteiger partial charge < -0.3 is 5.11 Å². The highest BCUT2D eigenvalue weighted by Crippen LogP contribution is 2.17. The van der Waals surface area contributed by atoms with Crippen LogP contribution in [0.15, 0.2) is 41.5 Å². The third-order valence-electron chi connectivity index (χ3n) is 3.35. The summed E-state index contributed by atoms with van der Waals surface area (Å²) in [5, 5.41) is 9.21. The molecule has 0 aliphatic heterocycles. The predicted octanol–water partition coefficient (Wildman–Crippen LogP) is 2.32. The van der Waals surface area contributed by atoms with Gasteiger partial charge in [-0.15, -0.1) is 0 Å². The summed E-state index contributed by atoms with van der Waals surface area (Å²) in [7, 11) is 0. The molecule has 2 rings (SSSR count). The lowest BCUT2D eigenvalue weighted by atomic mass is 10.0. The SMILES string of the molecule is CC(CO)c1cccc(-n2ccn(C(C)C)c2=O)c1. The van der Waals surface area contributed by atoms with Crippen molar-refractivity contribution in [2.24, 2.45) is 0 Å². The number of nitrogens with zero attached hydrogens (tertiary/aromatic N) is 2. The van der Waals surface area contributed by atoms with E-state index in [1.165, 1.54) is 0 Å². The monoisotopic (exact) mass is 260 g/mol. The Morgan fingerprint density at radius 3 is 2.53 bits per heavy atom. The Bertz CT molecular complexity index is 611. The van der Waals surface area contributed by atoms with E-state index in [1.54, 1.807) is 21.5 Å². The number of rotatable bonds is 4. The van der Waals surface area contributed by atoms with Crippen molar-refractivity contribution in [3.05, 3.63) is 52.7 Å².